The lowest BCUT2D eigenvalue weighted by atomic mass is 10.1. The minimum absolute atomic E-state index is 0.356. The maximum absolute atomic E-state index is 13.0. The summed E-state index contributed by atoms with van der Waals surface area (Å²) in [6.45, 7) is 0. The quantitative estimate of drug-likeness (QED) is 0.192. The molecule has 0 radical (unpaired) electrons. The van der Waals surface area contributed by atoms with Gasteiger partial charge in [0.15, 0.2) is 0 Å². The minimum Gasteiger partial charge on any atom is -0.267 e. The molecule has 6 rings (SSSR count). The first-order valence-electron chi connectivity index (χ1n) is 12.5. The van der Waals surface area contributed by atoms with Crippen LogP contribution in [0.5, 0.6) is 0 Å². The van der Waals surface area contributed by atoms with Crippen molar-refractivity contribution in [3.63, 3.8) is 0 Å². The molecule has 0 atom stereocenters. The third-order valence-corrected chi connectivity index (χ3v) is 6.44. The van der Waals surface area contributed by atoms with E-state index in [0.29, 0.717) is 22.0 Å². The van der Waals surface area contributed by atoms with Gasteiger partial charge in [-0.05, 0) is 42.5 Å². The fourth-order valence-corrected chi connectivity index (χ4v) is 4.30. The summed E-state index contributed by atoms with van der Waals surface area (Å²) < 4.78 is 3.41. The van der Waals surface area contributed by atoms with Gasteiger partial charge in [-0.1, -0.05) is 83.5 Å². The van der Waals surface area contributed by atoms with Crippen LogP contribution >= 0.6 is 11.6 Å². The molecule has 4 aromatic carbocycles. The van der Waals surface area contributed by atoms with E-state index >= 15 is 0 Å². The van der Waals surface area contributed by atoms with Crippen LogP contribution in [0.3, 0.4) is 0 Å². The normalized spacial score (nSPS) is 11.1. The molecular formula is C31H22ClN7O. The lowest BCUT2D eigenvalue weighted by Crippen LogP contribution is -2.17. The van der Waals surface area contributed by atoms with Crippen molar-refractivity contribution in [3.05, 3.63) is 138 Å². The molecule has 8 nitrogen and oxygen atoms in total. The number of amides is 1. The number of hydrazone groups is 1. The lowest BCUT2D eigenvalue weighted by molar-refractivity contribution is 0.0955. The van der Waals surface area contributed by atoms with Gasteiger partial charge in [0.1, 0.15) is 11.4 Å². The summed E-state index contributed by atoms with van der Waals surface area (Å²) in [6, 6.07) is 34.1. The third kappa shape index (κ3) is 5.43. The Balaban J connectivity index is 1.22. The largest absolute Gasteiger partial charge is 0.271 e. The van der Waals surface area contributed by atoms with E-state index in [4.69, 9.17) is 16.7 Å². The van der Waals surface area contributed by atoms with E-state index in [9.17, 15) is 4.79 Å². The van der Waals surface area contributed by atoms with Crippen LogP contribution < -0.4 is 5.43 Å². The van der Waals surface area contributed by atoms with Crippen LogP contribution in [0.1, 0.15) is 15.9 Å². The molecule has 0 saturated heterocycles. The van der Waals surface area contributed by atoms with Crippen molar-refractivity contribution in [2.24, 2.45) is 5.10 Å². The van der Waals surface area contributed by atoms with E-state index in [1.54, 1.807) is 33.8 Å². The summed E-state index contributed by atoms with van der Waals surface area (Å²) in [6.07, 6.45) is 5.28. The van der Waals surface area contributed by atoms with Crippen molar-refractivity contribution in [3.8, 4) is 33.9 Å². The fourth-order valence-electron chi connectivity index (χ4n) is 4.17. The predicted molar refractivity (Wildman–Crippen MR) is 156 cm³/mol. The number of hydrogen-bond acceptors (Lipinski definition) is 5. The van der Waals surface area contributed by atoms with Gasteiger partial charge in [-0.25, -0.2) is 14.8 Å². The van der Waals surface area contributed by atoms with E-state index < -0.39 is 0 Å². The Morgan fingerprint density at radius 3 is 2.27 bits per heavy atom. The van der Waals surface area contributed by atoms with Gasteiger partial charge in [0.2, 0.25) is 0 Å². The highest BCUT2D eigenvalue weighted by molar-refractivity contribution is 6.30. The van der Waals surface area contributed by atoms with Gasteiger partial charge in [-0.2, -0.15) is 10.2 Å². The van der Waals surface area contributed by atoms with Gasteiger partial charge in [-0.3, -0.25) is 4.79 Å². The molecule has 2 heterocycles. The zero-order valence-electron chi connectivity index (χ0n) is 21.1. The van der Waals surface area contributed by atoms with Gasteiger partial charge in [0, 0.05) is 33.5 Å². The Morgan fingerprint density at radius 2 is 1.50 bits per heavy atom. The van der Waals surface area contributed by atoms with Crippen molar-refractivity contribution in [1.82, 2.24) is 30.2 Å². The zero-order valence-corrected chi connectivity index (χ0v) is 21.8. The number of nitrogens with zero attached hydrogens (tertiary/aromatic N) is 6. The van der Waals surface area contributed by atoms with Crippen LogP contribution in [-0.2, 0) is 0 Å². The molecule has 194 valence electrons. The highest BCUT2D eigenvalue weighted by atomic mass is 35.5. The SMILES string of the molecule is O=C(N/N=C/c1cn(-c2ccccc2)nc1-c1ccc(Cl)cc1)c1cccc(-n2cc(-c3ccccc3)nn2)c1. The van der Waals surface area contributed by atoms with Crippen LogP contribution in [0.4, 0.5) is 0 Å². The molecule has 0 unspecified atom stereocenters. The molecule has 0 fully saturated rings. The average molecular weight is 544 g/mol. The van der Waals surface area contributed by atoms with E-state index in [-0.39, 0.29) is 5.91 Å². The van der Waals surface area contributed by atoms with E-state index in [1.165, 1.54) is 0 Å². The molecule has 40 heavy (non-hydrogen) atoms. The Morgan fingerprint density at radius 1 is 0.775 bits per heavy atom. The molecule has 1 amide bonds. The van der Waals surface area contributed by atoms with Crippen LogP contribution in [0.2, 0.25) is 5.02 Å². The molecule has 9 heteroatoms. The van der Waals surface area contributed by atoms with Crippen LogP contribution in [0, 0.1) is 0 Å². The van der Waals surface area contributed by atoms with E-state index in [1.807, 2.05) is 103 Å². The number of halogens is 1. The monoisotopic (exact) mass is 543 g/mol. The molecule has 6 aromatic rings. The Hall–Kier alpha value is -5.34. The Kier molecular flexibility index (Phi) is 6.98. The van der Waals surface area contributed by atoms with Gasteiger partial charge in [-0.15, -0.1) is 5.10 Å². The lowest BCUT2D eigenvalue weighted by Gasteiger charge is -2.04. The highest BCUT2D eigenvalue weighted by Crippen LogP contribution is 2.24. The summed E-state index contributed by atoms with van der Waals surface area (Å²) in [5.41, 5.74) is 8.69. The van der Waals surface area contributed by atoms with E-state index in [2.05, 4.69) is 20.8 Å². The molecule has 2 aromatic heterocycles. The number of carbonyl (C=O) groups excluding carboxylic acids is 1. The number of para-hydroxylation sites is 1. The predicted octanol–water partition coefficient (Wildman–Crippen LogP) is 6.20. The standard InChI is InChI=1S/C31H22ClN7O/c32-26-16-14-23(15-17-26)30-25(20-38(36-30)27-11-5-2-6-12-27)19-33-35-31(40)24-10-7-13-28(18-24)39-21-29(34-37-39)22-8-3-1-4-9-22/h1-21H,(H,35,40)/b33-19+. The van der Waals surface area contributed by atoms with Crippen LogP contribution in [0.25, 0.3) is 33.9 Å². The average Bonchev–Trinajstić information content (AvgIpc) is 3.67. The number of benzene rings is 4. The smallest absolute Gasteiger partial charge is 0.267 e. The molecule has 0 aliphatic carbocycles. The molecule has 0 bridgehead atoms. The summed E-state index contributed by atoms with van der Waals surface area (Å²) in [4.78, 5) is 13.0. The molecule has 0 saturated carbocycles. The van der Waals surface area contributed by atoms with Crippen molar-refractivity contribution >= 4 is 23.7 Å². The number of hydrogen-bond donors (Lipinski definition) is 1. The molecular weight excluding hydrogens is 522 g/mol. The van der Waals surface area contributed by atoms with Crippen molar-refractivity contribution in [2.45, 2.75) is 0 Å². The maximum Gasteiger partial charge on any atom is 0.271 e. The Bertz CT molecular complexity index is 1790. The van der Waals surface area contributed by atoms with Crippen molar-refractivity contribution in [1.29, 1.82) is 0 Å². The first-order chi connectivity index (χ1) is 19.6. The first-order valence-corrected chi connectivity index (χ1v) is 12.8. The summed E-state index contributed by atoms with van der Waals surface area (Å²) in [7, 11) is 0. The van der Waals surface area contributed by atoms with Crippen LogP contribution in [0.15, 0.2) is 127 Å². The fraction of sp³-hybridized carbons (Fsp3) is 0. The van der Waals surface area contributed by atoms with Gasteiger partial charge in [0.05, 0.1) is 23.8 Å². The summed E-state index contributed by atoms with van der Waals surface area (Å²) >= 11 is 6.09. The zero-order chi connectivity index (χ0) is 27.3. The molecule has 1 N–H and O–H groups in total. The summed E-state index contributed by atoms with van der Waals surface area (Å²) in [5, 5.41) is 18.1. The van der Waals surface area contributed by atoms with Gasteiger partial charge in [0.25, 0.3) is 5.91 Å². The number of aromatic nitrogens is 5. The molecule has 0 aliphatic rings. The summed E-state index contributed by atoms with van der Waals surface area (Å²) in [5.74, 6) is -0.356. The number of carbonyl (C=O) groups is 1. The van der Waals surface area contributed by atoms with Gasteiger partial charge >= 0.3 is 0 Å². The number of rotatable bonds is 7. The minimum atomic E-state index is -0.356. The highest BCUT2D eigenvalue weighted by Gasteiger charge is 2.12. The topological polar surface area (TPSA) is 90.0 Å². The molecule has 0 spiro atoms. The first kappa shape index (κ1) is 25.0. The second kappa shape index (κ2) is 11.2. The van der Waals surface area contributed by atoms with Crippen LogP contribution in [-0.4, -0.2) is 36.9 Å². The number of nitrogens with one attached hydrogen (secondary N) is 1. The van der Waals surface area contributed by atoms with Crippen molar-refractivity contribution < 1.29 is 4.79 Å². The van der Waals surface area contributed by atoms with Crippen molar-refractivity contribution in [2.75, 3.05) is 0 Å². The molecule has 0 aliphatic heterocycles. The second-order valence-corrected chi connectivity index (χ2v) is 9.32. The van der Waals surface area contributed by atoms with Gasteiger partial charge < -0.3 is 0 Å². The van der Waals surface area contributed by atoms with E-state index in [0.717, 1.165) is 28.1 Å². The second-order valence-electron chi connectivity index (χ2n) is 8.88. The maximum atomic E-state index is 13.0. The third-order valence-electron chi connectivity index (χ3n) is 6.19. The Labute approximate surface area is 235 Å².